The maximum atomic E-state index is 12.8. The molecule has 1 aromatic carbocycles. The van der Waals surface area contributed by atoms with Gasteiger partial charge in [0.2, 0.25) is 5.91 Å². The Hall–Kier alpha value is -3.33. The van der Waals surface area contributed by atoms with E-state index in [-0.39, 0.29) is 11.8 Å². The molecular weight excluding hydrogens is 398 g/mol. The molecule has 0 radical (unpaired) electrons. The van der Waals surface area contributed by atoms with Crippen LogP contribution in [0.3, 0.4) is 0 Å². The molecule has 4 heterocycles. The highest BCUT2D eigenvalue weighted by Gasteiger charge is 2.26. The van der Waals surface area contributed by atoms with Crippen molar-refractivity contribution in [1.29, 1.82) is 0 Å². The number of nitrogens with one attached hydrogen (secondary N) is 1. The Bertz CT molecular complexity index is 1180. The molecule has 3 aromatic heterocycles. The second-order valence-corrected chi connectivity index (χ2v) is 8.43. The molecule has 0 atom stereocenters. The van der Waals surface area contributed by atoms with E-state index in [1.54, 1.807) is 18.9 Å². The van der Waals surface area contributed by atoms with Crippen molar-refractivity contribution in [3.63, 3.8) is 0 Å². The lowest BCUT2D eigenvalue weighted by Gasteiger charge is -2.32. The van der Waals surface area contributed by atoms with E-state index in [1.807, 2.05) is 42.0 Å². The van der Waals surface area contributed by atoms with Crippen molar-refractivity contribution in [2.45, 2.75) is 19.8 Å². The molecule has 4 aromatic rings. The van der Waals surface area contributed by atoms with Gasteiger partial charge in [-0.05, 0) is 31.4 Å². The molecule has 0 saturated carbocycles. The van der Waals surface area contributed by atoms with Gasteiger partial charge in [0.15, 0.2) is 5.13 Å². The number of rotatable bonds is 4. The number of aryl methyl sites for hydroxylation is 1. The van der Waals surface area contributed by atoms with Gasteiger partial charge in [0.1, 0.15) is 24.3 Å². The molecule has 1 N–H and O–H groups in total. The fourth-order valence-corrected chi connectivity index (χ4v) is 4.71. The summed E-state index contributed by atoms with van der Waals surface area (Å²) in [5.41, 5.74) is 2.09. The van der Waals surface area contributed by atoms with Gasteiger partial charge in [0.05, 0.1) is 10.2 Å². The molecule has 0 aliphatic carbocycles. The third kappa shape index (κ3) is 3.63. The number of imidazole rings is 1. The maximum Gasteiger partial charge on any atom is 0.229 e. The number of fused-ring (bicyclic) bond motifs is 1. The van der Waals surface area contributed by atoms with E-state index in [2.05, 4.69) is 30.2 Å². The van der Waals surface area contributed by atoms with Crippen molar-refractivity contribution < 1.29 is 4.79 Å². The minimum Gasteiger partial charge on any atom is -0.356 e. The van der Waals surface area contributed by atoms with Gasteiger partial charge in [0.25, 0.3) is 0 Å². The number of aromatic nitrogens is 5. The number of hydrogen-bond acceptors (Lipinski definition) is 7. The predicted octanol–water partition coefficient (Wildman–Crippen LogP) is 3.44. The van der Waals surface area contributed by atoms with Crippen LogP contribution in [-0.4, -0.2) is 43.5 Å². The van der Waals surface area contributed by atoms with Crippen LogP contribution in [0.4, 0.5) is 10.9 Å². The van der Waals surface area contributed by atoms with Crippen molar-refractivity contribution in [3.05, 3.63) is 54.9 Å². The van der Waals surface area contributed by atoms with Crippen LogP contribution < -0.4 is 10.2 Å². The molecule has 30 heavy (non-hydrogen) atoms. The first kappa shape index (κ1) is 18.7. The highest BCUT2D eigenvalue weighted by atomic mass is 32.1. The van der Waals surface area contributed by atoms with Crippen molar-refractivity contribution in [2.75, 3.05) is 23.3 Å². The van der Waals surface area contributed by atoms with Crippen LogP contribution in [0.5, 0.6) is 0 Å². The number of carbonyl (C=O) groups is 1. The summed E-state index contributed by atoms with van der Waals surface area (Å²) in [7, 11) is 0. The van der Waals surface area contributed by atoms with Crippen LogP contribution in [0.15, 0.2) is 49.3 Å². The molecule has 1 amide bonds. The minimum absolute atomic E-state index is 0.0238. The van der Waals surface area contributed by atoms with Gasteiger partial charge in [-0.15, -0.1) is 0 Å². The number of piperidine rings is 1. The number of para-hydroxylation sites is 1. The van der Waals surface area contributed by atoms with Crippen molar-refractivity contribution >= 4 is 38.4 Å². The van der Waals surface area contributed by atoms with E-state index in [1.165, 1.54) is 11.3 Å². The van der Waals surface area contributed by atoms with Gasteiger partial charge in [-0.25, -0.2) is 19.9 Å². The van der Waals surface area contributed by atoms with Crippen LogP contribution in [0.1, 0.15) is 18.4 Å². The molecule has 9 heteroatoms. The second kappa shape index (κ2) is 7.83. The third-order valence-electron chi connectivity index (χ3n) is 5.45. The van der Waals surface area contributed by atoms with E-state index in [0.29, 0.717) is 5.13 Å². The fourth-order valence-electron chi connectivity index (χ4n) is 3.76. The number of anilines is 2. The van der Waals surface area contributed by atoms with Crippen molar-refractivity contribution in [2.24, 2.45) is 5.92 Å². The lowest BCUT2D eigenvalue weighted by Crippen LogP contribution is -2.38. The number of amides is 1. The Balaban J connectivity index is 1.23. The summed E-state index contributed by atoms with van der Waals surface area (Å²) < 4.78 is 2.95. The van der Waals surface area contributed by atoms with Crippen LogP contribution >= 0.6 is 11.3 Å². The molecule has 1 saturated heterocycles. The highest BCUT2D eigenvalue weighted by molar-refractivity contribution is 7.22. The normalized spacial score (nSPS) is 14.9. The molecular formula is C21H21N7OS. The van der Waals surface area contributed by atoms with Crippen LogP contribution in [-0.2, 0) is 4.79 Å². The quantitative estimate of drug-likeness (QED) is 0.545. The molecule has 5 rings (SSSR count). The Morgan fingerprint density at radius 1 is 1.20 bits per heavy atom. The molecule has 0 unspecified atom stereocenters. The topological polar surface area (TPSA) is 88.8 Å². The zero-order valence-electron chi connectivity index (χ0n) is 16.5. The third-order valence-corrected chi connectivity index (χ3v) is 6.38. The summed E-state index contributed by atoms with van der Waals surface area (Å²) in [4.78, 5) is 32.4. The van der Waals surface area contributed by atoms with E-state index in [9.17, 15) is 4.79 Å². The smallest absolute Gasteiger partial charge is 0.229 e. The van der Waals surface area contributed by atoms with Gasteiger partial charge in [0, 0.05) is 37.5 Å². The van der Waals surface area contributed by atoms with E-state index in [0.717, 1.165) is 53.3 Å². The molecule has 0 bridgehead atoms. The van der Waals surface area contributed by atoms with Crippen LogP contribution in [0.25, 0.3) is 16.0 Å². The Morgan fingerprint density at radius 2 is 2.03 bits per heavy atom. The summed E-state index contributed by atoms with van der Waals surface area (Å²) in [6, 6.07) is 8.04. The molecule has 1 fully saturated rings. The summed E-state index contributed by atoms with van der Waals surface area (Å²) in [5, 5.41) is 3.70. The molecule has 8 nitrogen and oxygen atoms in total. The van der Waals surface area contributed by atoms with E-state index < -0.39 is 0 Å². The number of thiazole rings is 1. The Labute approximate surface area is 177 Å². The standard InChI is InChI=1S/C21H21N7OS/c1-14-3-2-4-16-19(14)25-21(30-16)26-20(29)15-5-8-27(9-6-15)17-11-18(24-12-23-17)28-10-7-22-13-28/h2-4,7,10-13,15H,5-6,8-9H2,1H3,(H,25,26,29). The number of carbonyl (C=O) groups excluding carboxylic acids is 1. The highest BCUT2D eigenvalue weighted by Crippen LogP contribution is 2.29. The van der Waals surface area contributed by atoms with Gasteiger partial charge < -0.3 is 10.2 Å². The first-order valence-electron chi connectivity index (χ1n) is 9.90. The average molecular weight is 420 g/mol. The van der Waals surface area contributed by atoms with Crippen molar-refractivity contribution in [1.82, 2.24) is 24.5 Å². The first-order valence-corrected chi connectivity index (χ1v) is 10.7. The molecule has 152 valence electrons. The predicted molar refractivity (Wildman–Crippen MR) is 117 cm³/mol. The summed E-state index contributed by atoms with van der Waals surface area (Å²) in [6.45, 7) is 3.59. The molecule has 1 aliphatic rings. The number of benzene rings is 1. The summed E-state index contributed by atoms with van der Waals surface area (Å²) in [5.74, 6) is 1.68. The van der Waals surface area contributed by atoms with E-state index in [4.69, 9.17) is 0 Å². The number of hydrogen-bond donors (Lipinski definition) is 1. The zero-order chi connectivity index (χ0) is 20.5. The van der Waals surface area contributed by atoms with Crippen LogP contribution in [0, 0.1) is 12.8 Å². The Kier molecular flexibility index (Phi) is 4.88. The van der Waals surface area contributed by atoms with Gasteiger partial charge in [-0.1, -0.05) is 23.5 Å². The summed E-state index contributed by atoms with van der Waals surface area (Å²) >= 11 is 1.52. The lowest BCUT2D eigenvalue weighted by molar-refractivity contribution is -0.120. The zero-order valence-corrected chi connectivity index (χ0v) is 17.3. The van der Waals surface area contributed by atoms with Gasteiger partial charge in [-0.2, -0.15) is 0 Å². The second-order valence-electron chi connectivity index (χ2n) is 7.40. The minimum atomic E-state index is -0.0238. The van der Waals surface area contributed by atoms with E-state index >= 15 is 0 Å². The SMILES string of the molecule is Cc1cccc2sc(NC(=O)C3CCN(c4cc(-n5ccnc5)ncn4)CC3)nc12. The average Bonchev–Trinajstić information content (AvgIpc) is 3.45. The molecule has 0 spiro atoms. The first-order chi connectivity index (χ1) is 14.7. The summed E-state index contributed by atoms with van der Waals surface area (Å²) in [6.07, 6.45) is 8.41. The maximum absolute atomic E-state index is 12.8. The van der Waals surface area contributed by atoms with Gasteiger partial charge >= 0.3 is 0 Å². The molecule has 1 aliphatic heterocycles. The van der Waals surface area contributed by atoms with Crippen LogP contribution in [0.2, 0.25) is 0 Å². The lowest BCUT2D eigenvalue weighted by atomic mass is 9.96. The fraction of sp³-hybridized carbons (Fsp3) is 0.286. The Morgan fingerprint density at radius 3 is 2.80 bits per heavy atom. The largest absolute Gasteiger partial charge is 0.356 e. The van der Waals surface area contributed by atoms with Gasteiger partial charge in [-0.3, -0.25) is 9.36 Å². The van der Waals surface area contributed by atoms with Crippen molar-refractivity contribution in [3.8, 4) is 5.82 Å². The number of nitrogens with zero attached hydrogens (tertiary/aromatic N) is 6. The monoisotopic (exact) mass is 419 g/mol.